The van der Waals surface area contributed by atoms with E-state index in [9.17, 15) is 18.0 Å². The minimum absolute atomic E-state index is 0.0184. The summed E-state index contributed by atoms with van der Waals surface area (Å²) in [5.41, 5.74) is -0.739. The van der Waals surface area contributed by atoms with Crippen LogP contribution in [0.2, 0.25) is 0 Å². The quantitative estimate of drug-likeness (QED) is 0.212. The van der Waals surface area contributed by atoms with Crippen molar-refractivity contribution >= 4 is 11.6 Å². The van der Waals surface area contributed by atoms with Gasteiger partial charge in [-0.2, -0.15) is 18.3 Å². The fourth-order valence-corrected chi connectivity index (χ4v) is 4.38. The standard InChI is InChI=1S/C27H43F3N4O/c1-3-4-5-6-7-8-9-10-11-12-13-14-15-16-17-18-19-31-26(35)23-21-25-32-22(2)20-24(27(28,29)30)34(25)33-23/h20-21H,3-19H2,1-2H3,(H,31,35). The first-order valence-electron chi connectivity index (χ1n) is 13.6. The van der Waals surface area contributed by atoms with E-state index < -0.39 is 17.8 Å². The third-order valence-electron chi connectivity index (χ3n) is 6.39. The molecule has 35 heavy (non-hydrogen) atoms. The first-order chi connectivity index (χ1) is 16.8. The van der Waals surface area contributed by atoms with Gasteiger partial charge in [0, 0.05) is 18.3 Å². The van der Waals surface area contributed by atoms with Gasteiger partial charge in [0.15, 0.2) is 11.3 Å². The maximum atomic E-state index is 13.2. The zero-order valence-corrected chi connectivity index (χ0v) is 21.6. The molecule has 8 heteroatoms. The van der Waals surface area contributed by atoms with E-state index in [-0.39, 0.29) is 17.0 Å². The van der Waals surface area contributed by atoms with Gasteiger partial charge in [-0.25, -0.2) is 9.50 Å². The Labute approximate surface area is 208 Å². The van der Waals surface area contributed by atoms with Crippen molar-refractivity contribution in [1.82, 2.24) is 19.9 Å². The second-order valence-corrected chi connectivity index (χ2v) is 9.64. The van der Waals surface area contributed by atoms with Gasteiger partial charge in [-0.1, -0.05) is 103 Å². The molecule has 0 aliphatic heterocycles. The lowest BCUT2D eigenvalue weighted by molar-refractivity contribution is -0.142. The Balaban J connectivity index is 1.50. The van der Waals surface area contributed by atoms with Crippen molar-refractivity contribution in [2.24, 2.45) is 0 Å². The fourth-order valence-electron chi connectivity index (χ4n) is 4.38. The molecule has 0 unspecified atom stereocenters. The average molecular weight is 497 g/mol. The van der Waals surface area contributed by atoms with Gasteiger partial charge in [0.1, 0.15) is 5.69 Å². The lowest BCUT2D eigenvalue weighted by Gasteiger charge is -2.09. The van der Waals surface area contributed by atoms with Crippen LogP contribution in [0.4, 0.5) is 13.2 Å². The predicted molar refractivity (Wildman–Crippen MR) is 135 cm³/mol. The molecule has 2 aromatic heterocycles. The molecule has 0 aliphatic carbocycles. The van der Waals surface area contributed by atoms with Crippen LogP contribution in [-0.4, -0.2) is 27.0 Å². The van der Waals surface area contributed by atoms with E-state index in [1.165, 1.54) is 96.5 Å². The average Bonchev–Trinajstić information content (AvgIpc) is 3.23. The molecule has 0 bridgehead atoms. The third kappa shape index (κ3) is 11.0. The molecular formula is C27H43F3N4O. The van der Waals surface area contributed by atoms with Gasteiger partial charge >= 0.3 is 6.18 Å². The Morgan fingerprint density at radius 2 is 1.31 bits per heavy atom. The number of nitrogens with zero attached hydrogens (tertiary/aromatic N) is 3. The lowest BCUT2D eigenvalue weighted by Crippen LogP contribution is -2.25. The molecule has 2 aromatic rings. The Hall–Kier alpha value is -2.12. The molecule has 0 saturated carbocycles. The van der Waals surface area contributed by atoms with E-state index >= 15 is 0 Å². The number of hydrogen-bond donors (Lipinski definition) is 1. The van der Waals surface area contributed by atoms with Crippen LogP contribution in [-0.2, 0) is 6.18 Å². The Kier molecular flexibility index (Phi) is 13.1. The molecule has 1 N–H and O–H groups in total. The lowest BCUT2D eigenvalue weighted by atomic mass is 10.0. The van der Waals surface area contributed by atoms with Crippen LogP contribution in [0, 0.1) is 6.92 Å². The van der Waals surface area contributed by atoms with Crippen LogP contribution in [0.1, 0.15) is 132 Å². The zero-order chi connectivity index (χ0) is 25.5. The summed E-state index contributed by atoms with van der Waals surface area (Å²) in [4.78, 5) is 16.4. The van der Waals surface area contributed by atoms with E-state index in [1.807, 2.05) is 0 Å². The summed E-state index contributed by atoms with van der Waals surface area (Å²) < 4.78 is 40.4. The summed E-state index contributed by atoms with van der Waals surface area (Å²) in [6, 6.07) is 2.23. The van der Waals surface area contributed by atoms with Gasteiger partial charge in [0.05, 0.1) is 0 Å². The normalized spacial score (nSPS) is 11.9. The third-order valence-corrected chi connectivity index (χ3v) is 6.39. The van der Waals surface area contributed by atoms with Gasteiger partial charge < -0.3 is 5.32 Å². The van der Waals surface area contributed by atoms with Crippen molar-refractivity contribution in [3.05, 3.63) is 29.2 Å². The molecular weight excluding hydrogens is 453 g/mol. The minimum atomic E-state index is -4.57. The van der Waals surface area contributed by atoms with Crippen molar-refractivity contribution in [2.75, 3.05) is 6.54 Å². The van der Waals surface area contributed by atoms with Crippen molar-refractivity contribution in [3.63, 3.8) is 0 Å². The summed E-state index contributed by atoms with van der Waals surface area (Å²) >= 11 is 0. The zero-order valence-electron chi connectivity index (χ0n) is 21.6. The SMILES string of the molecule is CCCCCCCCCCCCCCCCCCNC(=O)c1cc2nc(C)cc(C(F)(F)F)n2n1. The number of carbonyl (C=O) groups excluding carboxylic acids is 1. The van der Waals surface area contributed by atoms with Crippen molar-refractivity contribution in [1.29, 1.82) is 0 Å². The highest BCUT2D eigenvalue weighted by atomic mass is 19.4. The summed E-state index contributed by atoms with van der Waals surface area (Å²) in [6.45, 7) is 4.23. The van der Waals surface area contributed by atoms with E-state index in [0.29, 0.717) is 11.1 Å². The monoisotopic (exact) mass is 496 g/mol. The number of nitrogens with one attached hydrogen (secondary N) is 1. The number of hydrogen-bond acceptors (Lipinski definition) is 3. The van der Waals surface area contributed by atoms with Gasteiger partial charge in [0.2, 0.25) is 0 Å². The molecule has 0 radical (unpaired) electrons. The van der Waals surface area contributed by atoms with Crippen molar-refractivity contribution < 1.29 is 18.0 Å². The number of aromatic nitrogens is 3. The number of aryl methyl sites for hydroxylation is 1. The summed E-state index contributed by atoms with van der Waals surface area (Å²) in [5.74, 6) is -0.470. The Bertz CT molecular complexity index is 879. The number of amides is 1. The highest BCUT2D eigenvalue weighted by molar-refractivity contribution is 5.93. The number of fused-ring (bicyclic) bond motifs is 1. The maximum absolute atomic E-state index is 13.2. The highest BCUT2D eigenvalue weighted by Gasteiger charge is 2.35. The molecule has 2 rings (SSSR count). The number of alkyl halides is 3. The van der Waals surface area contributed by atoms with Crippen LogP contribution in [0.25, 0.3) is 5.65 Å². The van der Waals surface area contributed by atoms with Crippen LogP contribution < -0.4 is 5.32 Å². The largest absolute Gasteiger partial charge is 0.433 e. The van der Waals surface area contributed by atoms with Crippen LogP contribution in [0.15, 0.2) is 12.1 Å². The first kappa shape index (κ1) is 29.1. The molecule has 1 amide bonds. The predicted octanol–water partition coefficient (Wildman–Crippen LogP) is 8.05. The summed E-state index contributed by atoms with van der Waals surface area (Å²) in [5, 5.41) is 6.60. The molecule has 0 aromatic carbocycles. The smallest absolute Gasteiger partial charge is 0.351 e. The molecule has 2 heterocycles. The number of carbonyl (C=O) groups is 1. The fraction of sp³-hybridized carbons (Fsp3) is 0.741. The second-order valence-electron chi connectivity index (χ2n) is 9.64. The van der Waals surface area contributed by atoms with Crippen LogP contribution in [0.5, 0.6) is 0 Å². The molecule has 0 aliphatic rings. The van der Waals surface area contributed by atoms with E-state index in [2.05, 4.69) is 22.3 Å². The second kappa shape index (κ2) is 15.8. The molecule has 0 saturated heterocycles. The minimum Gasteiger partial charge on any atom is -0.351 e. The van der Waals surface area contributed by atoms with E-state index in [4.69, 9.17) is 0 Å². The summed E-state index contributed by atoms with van der Waals surface area (Å²) in [6.07, 6.45) is 15.9. The number of rotatable bonds is 18. The van der Waals surface area contributed by atoms with Crippen LogP contribution in [0.3, 0.4) is 0 Å². The number of unbranched alkanes of at least 4 members (excludes halogenated alkanes) is 15. The maximum Gasteiger partial charge on any atom is 0.433 e. The van der Waals surface area contributed by atoms with Gasteiger partial charge in [0.25, 0.3) is 5.91 Å². The van der Waals surface area contributed by atoms with Crippen molar-refractivity contribution in [2.45, 2.75) is 123 Å². The Morgan fingerprint density at radius 3 is 1.80 bits per heavy atom. The van der Waals surface area contributed by atoms with Gasteiger partial charge in [-0.3, -0.25) is 4.79 Å². The van der Waals surface area contributed by atoms with Crippen LogP contribution >= 0.6 is 0 Å². The molecule has 0 atom stereocenters. The Morgan fingerprint density at radius 1 is 0.829 bits per heavy atom. The molecule has 5 nitrogen and oxygen atoms in total. The number of halogens is 3. The topological polar surface area (TPSA) is 59.3 Å². The highest BCUT2D eigenvalue weighted by Crippen LogP contribution is 2.29. The van der Waals surface area contributed by atoms with E-state index in [0.717, 1.165) is 25.3 Å². The molecule has 0 spiro atoms. The molecule has 198 valence electrons. The first-order valence-corrected chi connectivity index (χ1v) is 13.6. The van der Waals surface area contributed by atoms with Gasteiger partial charge in [-0.15, -0.1) is 0 Å². The van der Waals surface area contributed by atoms with Crippen molar-refractivity contribution in [3.8, 4) is 0 Å². The molecule has 0 fully saturated rings. The van der Waals surface area contributed by atoms with Gasteiger partial charge in [-0.05, 0) is 19.4 Å². The summed E-state index contributed by atoms with van der Waals surface area (Å²) in [7, 11) is 0. The van der Waals surface area contributed by atoms with E-state index in [1.54, 1.807) is 0 Å².